The molecule has 0 aromatic rings. The zero-order chi connectivity index (χ0) is 14.3. The molecule has 19 heavy (non-hydrogen) atoms. The van der Waals surface area contributed by atoms with Gasteiger partial charge in [-0.15, -0.1) is 0 Å². The molecule has 1 N–H and O–H groups in total. The third-order valence-corrected chi connectivity index (χ3v) is 6.29. The Hall–Kier alpha value is -1.17. The number of aliphatic imine (C=N–C) groups is 1. The molecule has 2 rings (SSSR count). The molecule has 1 fully saturated rings. The van der Waals surface area contributed by atoms with Crippen molar-refractivity contribution < 1.29 is 18.3 Å². The van der Waals surface area contributed by atoms with Crippen molar-refractivity contribution in [1.82, 2.24) is 0 Å². The standard InChI is InChI=1S/C13H19NO4S/c1-9(2)7-19(17,18)13(10-3-4-10)6-5-11(12(15)16)14-8-13/h5-6,8-11H,3-4,7H2,1-2H3,(H,15,16). The quantitative estimate of drug-likeness (QED) is 0.772. The van der Waals surface area contributed by atoms with E-state index in [0.29, 0.717) is 0 Å². The summed E-state index contributed by atoms with van der Waals surface area (Å²) in [7, 11) is -3.36. The lowest BCUT2D eigenvalue weighted by Crippen LogP contribution is -2.45. The minimum Gasteiger partial charge on any atom is -0.479 e. The van der Waals surface area contributed by atoms with Crippen molar-refractivity contribution in [2.75, 3.05) is 5.75 Å². The average Bonchev–Trinajstić information content (AvgIpc) is 3.10. The highest BCUT2D eigenvalue weighted by Gasteiger charge is 2.53. The molecule has 1 aliphatic carbocycles. The maximum absolute atomic E-state index is 12.6. The zero-order valence-electron chi connectivity index (χ0n) is 11.1. The summed E-state index contributed by atoms with van der Waals surface area (Å²) in [5, 5.41) is 8.90. The topological polar surface area (TPSA) is 83.8 Å². The molecule has 1 aliphatic heterocycles. The Morgan fingerprint density at radius 2 is 2.11 bits per heavy atom. The Morgan fingerprint density at radius 3 is 2.47 bits per heavy atom. The molecular weight excluding hydrogens is 266 g/mol. The van der Waals surface area contributed by atoms with Crippen LogP contribution in [0.2, 0.25) is 0 Å². The van der Waals surface area contributed by atoms with Gasteiger partial charge >= 0.3 is 5.97 Å². The van der Waals surface area contributed by atoms with E-state index in [2.05, 4.69) is 4.99 Å². The second-order valence-electron chi connectivity index (χ2n) is 5.72. The lowest BCUT2D eigenvalue weighted by Gasteiger charge is -2.30. The van der Waals surface area contributed by atoms with E-state index in [1.807, 2.05) is 13.8 Å². The van der Waals surface area contributed by atoms with Crippen LogP contribution in [0.25, 0.3) is 0 Å². The second kappa shape index (κ2) is 4.74. The summed E-state index contributed by atoms with van der Waals surface area (Å²) in [4.78, 5) is 14.8. The van der Waals surface area contributed by atoms with Gasteiger partial charge in [0.1, 0.15) is 4.75 Å². The lowest BCUT2D eigenvalue weighted by atomic mass is 10.00. The minimum absolute atomic E-state index is 0.0413. The fraction of sp³-hybridized carbons (Fsp3) is 0.692. The molecule has 0 bridgehead atoms. The van der Waals surface area contributed by atoms with Crippen LogP contribution in [0, 0.1) is 11.8 Å². The van der Waals surface area contributed by atoms with Crippen LogP contribution in [0.5, 0.6) is 0 Å². The first-order valence-corrected chi connectivity index (χ1v) is 8.12. The van der Waals surface area contributed by atoms with Gasteiger partial charge in [-0.2, -0.15) is 0 Å². The monoisotopic (exact) mass is 285 g/mol. The van der Waals surface area contributed by atoms with Gasteiger partial charge in [0.05, 0.1) is 5.75 Å². The zero-order valence-corrected chi connectivity index (χ0v) is 11.9. The van der Waals surface area contributed by atoms with Gasteiger partial charge < -0.3 is 5.11 Å². The number of aliphatic carboxylic acids is 1. The Labute approximate surface area is 113 Å². The molecule has 0 saturated heterocycles. The van der Waals surface area contributed by atoms with Gasteiger partial charge in [-0.1, -0.05) is 26.0 Å². The Kier molecular flexibility index (Phi) is 3.55. The fourth-order valence-electron chi connectivity index (χ4n) is 2.47. The highest BCUT2D eigenvalue weighted by Crippen LogP contribution is 2.46. The summed E-state index contributed by atoms with van der Waals surface area (Å²) >= 11 is 0. The van der Waals surface area contributed by atoms with Gasteiger partial charge in [0.25, 0.3) is 0 Å². The fourth-order valence-corrected chi connectivity index (χ4v) is 4.89. The van der Waals surface area contributed by atoms with Gasteiger partial charge in [-0.25, -0.2) is 13.2 Å². The van der Waals surface area contributed by atoms with Crippen LogP contribution in [0.3, 0.4) is 0 Å². The predicted octanol–water partition coefficient (Wildman–Crippen LogP) is 1.30. The molecule has 0 radical (unpaired) electrons. The molecule has 2 atom stereocenters. The normalized spacial score (nSPS) is 30.8. The van der Waals surface area contributed by atoms with Gasteiger partial charge in [0, 0.05) is 6.21 Å². The first-order chi connectivity index (χ1) is 8.78. The molecule has 1 heterocycles. The smallest absolute Gasteiger partial charge is 0.332 e. The van der Waals surface area contributed by atoms with E-state index in [1.54, 1.807) is 6.08 Å². The third kappa shape index (κ3) is 2.59. The first kappa shape index (κ1) is 14.2. The number of dihydropyridines is 1. The molecular formula is C13H19NO4S. The van der Waals surface area contributed by atoms with Crippen molar-refractivity contribution in [1.29, 1.82) is 0 Å². The van der Waals surface area contributed by atoms with Crippen molar-refractivity contribution in [3.8, 4) is 0 Å². The van der Waals surface area contributed by atoms with Crippen LogP contribution in [-0.4, -0.2) is 42.2 Å². The number of hydrogen-bond acceptors (Lipinski definition) is 4. The van der Waals surface area contributed by atoms with Crippen molar-refractivity contribution in [2.24, 2.45) is 16.8 Å². The van der Waals surface area contributed by atoms with Gasteiger partial charge in [0.2, 0.25) is 0 Å². The van der Waals surface area contributed by atoms with Gasteiger partial charge in [0.15, 0.2) is 15.9 Å². The number of carboxylic acids is 1. The minimum atomic E-state index is -3.36. The van der Waals surface area contributed by atoms with E-state index in [1.165, 1.54) is 12.3 Å². The molecule has 1 saturated carbocycles. The molecule has 5 nitrogen and oxygen atoms in total. The van der Waals surface area contributed by atoms with E-state index < -0.39 is 26.6 Å². The second-order valence-corrected chi connectivity index (χ2v) is 7.99. The number of carbonyl (C=O) groups is 1. The summed E-state index contributed by atoms with van der Waals surface area (Å²) in [6, 6.07) is -0.957. The first-order valence-electron chi connectivity index (χ1n) is 6.47. The number of rotatable bonds is 5. The number of hydrogen-bond donors (Lipinski definition) is 1. The number of carboxylic acid groups (broad SMARTS) is 1. The average molecular weight is 285 g/mol. The van der Waals surface area contributed by atoms with Crippen LogP contribution < -0.4 is 0 Å². The Balaban J connectivity index is 2.35. The molecule has 2 unspecified atom stereocenters. The van der Waals surface area contributed by atoms with Crippen LogP contribution in [0.4, 0.5) is 0 Å². The lowest BCUT2D eigenvalue weighted by molar-refractivity contribution is -0.137. The van der Waals surface area contributed by atoms with E-state index in [9.17, 15) is 13.2 Å². The largest absolute Gasteiger partial charge is 0.479 e. The predicted molar refractivity (Wildman–Crippen MR) is 73.1 cm³/mol. The van der Waals surface area contributed by atoms with Crippen LogP contribution in [0.1, 0.15) is 26.7 Å². The summed E-state index contributed by atoms with van der Waals surface area (Å²) in [6.45, 7) is 3.73. The van der Waals surface area contributed by atoms with Crippen LogP contribution in [-0.2, 0) is 14.6 Å². The maximum atomic E-state index is 12.6. The molecule has 0 spiro atoms. The van der Waals surface area contributed by atoms with Gasteiger partial charge in [-0.3, -0.25) is 4.99 Å². The molecule has 6 heteroatoms. The van der Waals surface area contributed by atoms with Crippen LogP contribution >= 0.6 is 0 Å². The summed E-state index contributed by atoms with van der Waals surface area (Å²) in [5.41, 5.74) is 0. The summed E-state index contributed by atoms with van der Waals surface area (Å²) in [5.74, 6) is -0.874. The number of nitrogens with zero attached hydrogens (tertiary/aromatic N) is 1. The molecule has 106 valence electrons. The Morgan fingerprint density at radius 1 is 1.47 bits per heavy atom. The molecule has 0 aromatic heterocycles. The van der Waals surface area contributed by atoms with E-state index in [-0.39, 0.29) is 17.6 Å². The maximum Gasteiger partial charge on any atom is 0.332 e. The Bertz CT molecular complexity index is 515. The van der Waals surface area contributed by atoms with Crippen molar-refractivity contribution in [2.45, 2.75) is 37.5 Å². The van der Waals surface area contributed by atoms with Gasteiger partial charge in [-0.05, 0) is 24.7 Å². The van der Waals surface area contributed by atoms with E-state index in [0.717, 1.165) is 12.8 Å². The highest BCUT2D eigenvalue weighted by molar-refractivity contribution is 7.93. The third-order valence-electron chi connectivity index (χ3n) is 3.54. The van der Waals surface area contributed by atoms with Crippen molar-refractivity contribution >= 4 is 22.0 Å². The SMILES string of the molecule is CC(C)CS(=O)(=O)C1(C2CC2)C=CC(C(=O)O)N=C1. The van der Waals surface area contributed by atoms with Crippen molar-refractivity contribution in [3.05, 3.63) is 12.2 Å². The van der Waals surface area contributed by atoms with Crippen molar-refractivity contribution in [3.63, 3.8) is 0 Å². The summed E-state index contributed by atoms with van der Waals surface area (Å²) < 4.78 is 24.1. The number of sulfone groups is 1. The summed E-state index contributed by atoms with van der Waals surface area (Å²) in [6.07, 6.45) is 6.02. The molecule has 0 aromatic carbocycles. The van der Waals surface area contributed by atoms with E-state index in [4.69, 9.17) is 5.11 Å². The van der Waals surface area contributed by atoms with Crippen LogP contribution in [0.15, 0.2) is 17.1 Å². The van der Waals surface area contributed by atoms with E-state index >= 15 is 0 Å². The molecule has 2 aliphatic rings. The highest BCUT2D eigenvalue weighted by atomic mass is 32.2. The molecule has 0 amide bonds.